The van der Waals surface area contributed by atoms with Crippen molar-refractivity contribution in [1.82, 2.24) is 4.90 Å². The Balaban J connectivity index is 3.04. The first-order valence-electron chi connectivity index (χ1n) is 4.00. The summed E-state index contributed by atoms with van der Waals surface area (Å²) in [6.45, 7) is 1.88. The van der Waals surface area contributed by atoms with E-state index in [1.54, 1.807) is 37.2 Å². The predicted octanol–water partition coefficient (Wildman–Crippen LogP) is 2.35. The summed E-state index contributed by atoms with van der Waals surface area (Å²) < 4.78 is 0. The molecule has 0 spiro atoms. The second-order valence-corrected chi connectivity index (χ2v) is 3.57. The smallest absolute Gasteiger partial charge is 0.253 e. The van der Waals surface area contributed by atoms with Crippen LogP contribution in [-0.2, 0) is 0 Å². The average Bonchev–Trinajstić information content (AvgIpc) is 2.08. The number of carbonyl (C=O) groups excluding carboxylic acids is 1. The van der Waals surface area contributed by atoms with Crippen LogP contribution in [0.1, 0.15) is 15.9 Å². The molecule has 2 nitrogen and oxygen atoms in total. The van der Waals surface area contributed by atoms with E-state index < -0.39 is 0 Å². The molecular formula is C10H12ClNO. The molecule has 0 atom stereocenters. The molecule has 13 heavy (non-hydrogen) atoms. The van der Waals surface area contributed by atoms with Crippen molar-refractivity contribution < 1.29 is 4.79 Å². The van der Waals surface area contributed by atoms with Gasteiger partial charge in [-0.1, -0.05) is 11.6 Å². The fraction of sp³-hybridized carbons (Fsp3) is 0.300. The van der Waals surface area contributed by atoms with E-state index in [9.17, 15) is 4.79 Å². The van der Waals surface area contributed by atoms with Gasteiger partial charge in [-0.3, -0.25) is 4.79 Å². The summed E-state index contributed by atoms with van der Waals surface area (Å²) in [6.07, 6.45) is 0. The molecule has 0 fully saturated rings. The van der Waals surface area contributed by atoms with Crippen molar-refractivity contribution in [2.75, 3.05) is 14.1 Å². The summed E-state index contributed by atoms with van der Waals surface area (Å²) in [7, 11) is 3.46. The molecule has 1 aromatic carbocycles. The Morgan fingerprint density at radius 3 is 2.46 bits per heavy atom. The first-order valence-corrected chi connectivity index (χ1v) is 4.38. The normalized spacial score (nSPS) is 9.85. The molecule has 0 unspecified atom stereocenters. The van der Waals surface area contributed by atoms with Crippen LogP contribution in [0.15, 0.2) is 18.2 Å². The second-order valence-electron chi connectivity index (χ2n) is 3.16. The zero-order valence-corrected chi connectivity index (χ0v) is 8.72. The Morgan fingerprint density at radius 2 is 2.00 bits per heavy atom. The minimum Gasteiger partial charge on any atom is -0.345 e. The van der Waals surface area contributed by atoms with Gasteiger partial charge in [0.05, 0.1) is 0 Å². The maximum Gasteiger partial charge on any atom is 0.253 e. The fourth-order valence-corrected chi connectivity index (χ4v) is 1.15. The molecule has 0 radical (unpaired) electrons. The van der Waals surface area contributed by atoms with Gasteiger partial charge in [-0.15, -0.1) is 0 Å². The Kier molecular flexibility index (Phi) is 2.94. The van der Waals surface area contributed by atoms with E-state index in [0.717, 1.165) is 5.56 Å². The third-order valence-electron chi connectivity index (χ3n) is 1.81. The molecule has 0 aliphatic rings. The van der Waals surface area contributed by atoms with Crippen LogP contribution in [0.25, 0.3) is 0 Å². The quantitative estimate of drug-likeness (QED) is 0.677. The highest BCUT2D eigenvalue weighted by molar-refractivity contribution is 6.31. The summed E-state index contributed by atoms with van der Waals surface area (Å²) >= 11 is 5.84. The van der Waals surface area contributed by atoms with Gasteiger partial charge >= 0.3 is 0 Å². The molecule has 0 aromatic heterocycles. The highest BCUT2D eigenvalue weighted by atomic mass is 35.5. The molecule has 70 valence electrons. The van der Waals surface area contributed by atoms with Crippen LogP contribution in [-0.4, -0.2) is 24.9 Å². The van der Waals surface area contributed by atoms with Crippen molar-refractivity contribution in [3.63, 3.8) is 0 Å². The lowest BCUT2D eigenvalue weighted by atomic mass is 10.1. The van der Waals surface area contributed by atoms with Crippen molar-refractivity contribution in [3.8, 4) is 0 Å². The van der Waals surface area contributed by atoms with E-state index >= 15 is 0 Å². The number of amides is 1. The van der Waals surface area contributed by atoms with Gasteiger partial charge in [0.2, 0.25) is 0 Å². The highest BCUT2D eigenvalue weighted by Gasteiger charge is 2.08. The summed E-state index contributed by atoms with van der Waals surface area (Å²) in [4.78, 5) is 13.0. The van der Waals surface area contributed by atoms with E-state index in [2.05, 4.69) is 0 Å². The van der Waals surface area contributed by atoms with Crippen molar-refractivity contribution >= 4 is 17.5 Å². The zero-order valence-electron chi connectivity index (χ0n) is 7.97. The molecule has 0 aliphatic carbocycles. The third kappa shape index (κ3) is 2.22. The molecule has 3 heteroatoms. The van der Waals surface area contributed by atoms with E-state index in [-0.39, 0.29) is 5.91 Å². The SMILES string of the molecule is Cc1cc(C(=O)N(C)C)ccc1Cl. The molecule has 1 rings (SSSR count). The first-order chi connectivity index (χ1) is 6.02. The van der Waals surface area contributed by atoms with E-state index in [0.29, 0.717) is 10.6 Å². The maximum absolute atomic E-state index is 11.5. The minimum atomic E-state index is -0.000216. The van der Waals surface area contributed by atoms with Gasteiger partial charge in [0, 0.05) is 24.7 Å². The van der Waals surface area contributed by atoms with Crippen LogP contribution < -0.4 is 0 Å². The van der Waals surface area contributed by atoms with Gasteiger partial charge < -0.3 is 4.90 Å². The standard InChI is InChI=1S/C10H12ClNO/c1-7-6-8(4-5-9(7)11)10(13)12(2)3/h4-6H,1-3H3. The minimum absolute atomic E-state index is 0.000216. The lowest BCUT2D eigenvalue weighted by Gasteiger charge is -2.10. The Hall–Kier alpha value is -1.02. The van der Waals surface area contributed by atoms with Gasteiger partial charge in [0.25, 0.3) is 5.91 Å². The fourth-order valence-electron chi connectivity index (χ4n) is 1.04. The van der Waals surface area contributed by atoms with Gasteiger partial charge in [-0.25, -0.2) is 0 Å². The molecule has 0 saturated carbocycles. The van der Waals surface area contributed by atoms with Crippen molar-refractivity contribution in [1.29, 1.82) is 0 Å². The molecule has 0 aliphatic heterocycles. The number of rotatable bonds is 1. The predicted molar refractivity (Wildman–Crippen MR) is 54.2 cm³/mol. The molecule has 0 bridgehead atoms. The maximum atomic E-state index is 11.5. The average molecular weight is 198 g/mol. The van der Waals surface area contributed by atoms with Crippen LogP contribution in [0.3, 0.4) is 0 Å². The first kappa shape index (κ1) is 10.1. The van der Waals surface area contributed by atoms with Gasteiger partial charge in [0.1, 0.15) is 0 Å². The van der Waals surface area contributed by atoms with Crippen LogP contribution in [0.4, 0.5) is 0 Å². The van der Waals surface area contributed by atoms with Crippen LogP contribution in [0.5, 0.6) is 0 Å². The molecule has 1 amide bonds. The zero-order chi connectivity index (χ0) is 10.0. The van der Waals surface area contributed by atoms with Gasteiger partial charge in [-0.2, -0.15) is 0 Å². The van der Waals surface area contributed by atoms with Gasteiger partial charge in [0.15, 0.2) is 0 Å². The monoisotopic (exact) mass is 197 g/mol. The summed E-state index contributed by atoms with van der Waals surface area (Å²) in [6, 6.07) is 5.27. The number of carbonyl (C=O) groups is 1. The number of halogens is 1. The lowest BCUT2D eigenvalue weighted by molar-refractivity contribution is 0.0827. The third-order valence-corrected chi connectivity index (χ3v) is 2.24. The molecular weight excluding hydrogens is 186 g/mol. The highest BCUT2D eigenvalue weighted by Crippen LogP contribution is 2.16. The Bertz CT molecular complexity index is 334. The summed E-state index contributed by atoms with van der Waals surface area (Å²) in [5, 5.41) is 0.690. The van der Waals surface area contributed by atoms with Crippen LogP contribution in [0, 0.1) is 6.92 Å². The van der Waals surface area contributed by atoms with E-state index in [1.807, 2.05) is 6.92 Å². The molecule has 1 aromatic rings. The number of nitrogens with zero attached hydrogens (tertiary/aromatic N) is 1. The number of benzene rings is 1. The molecule has 0 heterocycles. The van der Waals surface area contributed by atoms with Crippen LogP contribution >= 0.6 is 11.6 Å². The number of hydrogen-bond acceptors (Lipinski definition) is 1. The van der Waals surface area contributed by atoms with Gasteiger partial charge in [-0.05, 0) is 30.7 Å². The van der Waals surface area contributed by atoms with Crippen molar-refractivity contribution in [2.45, 2.75) is 6.92 Å². The Morgan fingerprint density at radius 1 is 1.38 bits per heavy atom. The summed E-state index contributed by atoms with van der Waals surface area (Å²) in [5.74, 6) is -0.000216. The van der Waals surface area contributed by atoms with Crippen molar-refractivity contribution in [2.24, 2.45) is 0 Å². The largest absolute Gasteiger partial charge is 0.345 e. The molecule has 0 saturated heterocycles. The summed E-state index contributed by atoms with van der Waals surface area (Å²) in [5.41, 5.74) is 1.60. The topological polar surface area (TPSA) is 20.3 Å². The van der Waals surface area contributed by atoms with E-state index in [1.165, 1.54) is 0 Å². The number of aryl methyl sites for hydroxylation is 1. The Labute approximate surface area is 83.1 Å². The lowest BCUT2D eigenvalue weighted by Crippen LogP contribution is -2.21. The van der Waals surface area contributed by atoms with E-state index in [4.69, 9.17) is 11.6 Å². The number of hydrogen-bond donors (Lipinski definition) is 0. The van der Waals surface area contributed by atoms with Crippen LogP contribution in [0.2, 0.25) is 5.02 Å². The van der Waals surface area contributed by atoms with Crippen molar-refractivity contribution in [3.05, 3.63) is 34.3 Å². The molecule has 0 N–H and O–H groups in total. The second kappa shape index (κ2) is 3.79.